The largest absolute Gasteiger partial charge is 0.376 e. The summed E-state index contributed by atoms with van der Waals surface area (Å²) < 4.78 is 5.80. The number of amides is 2. The number of hydrogen-bond acceptors (Lipinski definition) is 4. The molecule has 5 rings (SSSR count). The fourth-order valence-corrected chi connectivity index (χ4v) is 4.72. The van der Waals surface area contributed by atoms with Gasteiger partial charge in [-0.25, -0.2) is 0 Å². The number of carbonyl (C=O) groups excluding carboxylic acids is 2. The molecule has 2 saturated heterocycles. The van der Waals surface area contributed by atoms with Crippen LogP contribution in [0.2, 0.25) is 0 Å². The molecule has 3 aliphatic heterocycles. The first kappa shape index (κ1) is 19.1. The van der Waals surface area contributed by atoms with Gasteiger partial charge in [-0.3, -0.25) is 9.59 Å². The van der Waals surface area contributed by atoms with Crippen molar-refractivity contribution >= 4 is 17.5 Å². The van der Waals surface area contributed by atoms with E-state index in [-0.39, 0.29) is 24.1 Å². The van der Waals surface area contributed by atoms with Crippen molar-refractivity contribution in [3.05, 3.63) is 65.2 Å². The van der Waals surface area contributed by atoms with Crippen molar-refractivity contribution in [1.82, 2.24) is 9.80 Å². The predicted molar refractivity (Wildman–Crippen MR) is 114 cm³/mol. The molecule has 0 saturated carbocycles. The Morgan fingerprint density at radius 3 is 2.70 bits per heavy atom. The second-order valence-electron chi connectivity index (χ2n) is 8.31. The summed E-state index contributed by atoms with van der Waals surface area (Å²) in [7, 11) is 0. The number of fused-ring (bicyclic) bond motifs is 1. The molecule has 0 aromatic heterocycles. The topological polar surface area (TPSA) is 61.9 Å². The van der Waals surface area contributed by atoms with Crippen LogP contribution in [-0.4, -0.2) is 54.0 Å². The number of hydrogen-bond donors (Lipinski definition) is 1. The number of benzene rings is 2. The molecule has 30 heavy (non-hydrogen) atoms. The molecule has 2 aromatic carbocycles. The number of likely N-dealkylation sites (tertiary alicyclic amines) is 1. The van der Waals surface area contributed by atoms with Gasteiger partial charge in [-0.1, -0.05) is 24.3 Å². The highest BCUT2D eigenvalue weighted by molar-refractivity contribution is 5.99. The van der Waals surface area contributed by atoms with Crippen LogP contribution in [0.3, 0.4) is 0 Å². The van der Waals surface area contributed by atoms with Gasteiger partial charge in [0.2, 0.25) is 0 Å². The van der Waals surface area contributed by atoms with Crippen LogP contribution in [0.4, 0.5) is 5.69 Å². The average molecular weight is 405 g/mol. The van der Waals surface area contributed by atoms with Gasteiger partial charge in [0.05, 0.1) is 6.10 Å². The van der Waals surface area contributed by atoms with Gasteiger partial charge < -0.3 is 19.9 Å². The SMILES string of the molecule is O=C(c1cccc(NC2c3ccccc3C(=O)N2CC2CCCO2)c1)N1CCCC1. The van der Waals surface area contributed by atoms with Crippen molar-refractivity contribution in [3.8, 4) is 0 Å². The van der Waals surface area contributed by atoms with E-state index in [4.69, 9.17) is 4.74 Å². The fraction of sp³-hybridized carbons (Fsp3) is 0.417. The van der Waals surface area contributed by atoms with Gasteiger partial charge in [-0.2, -0.15) is 0 Å². The Morgan fingerprint density at radius 2 is 1.90 bits per heavy atom. The van der Waals surface area contributed by atoms with Gasteiger partial charge in [0.1, 0.15) is 6.17 Å². The molecule has 0 bridgehead atoms. The lowest BCUT2D eigenvalue weighted by Crippen LogP contribution is -2.38. The Morgan fingerprint density at radius 1 is 1.07 bits per heavy atom. The highest BCUT2D eigenvalue weighted by atomic mass is 16.5. The number of rotatable bonds is 5. The highest BCUT2D eigenvalue weighted by Crippen LogP contribution is 2.35. The molecule has 156 valence electrons. The lowest BCUT2D eigenvalue weighted by molar-refractivity contribution is 0.0488. The van der Waals surface area contributed by atoms with Gasteiger partial charge in [0, 0.05) is 48.6 Å². The van der Waals surface area contributed by atoms with E-state index in [1.165, 1.54) is 0 Å². The van der Waals surface area contributed by atoms with E-state index >= 15 is 0 Å². The maximum atomic E-state index is 13.1. The Kier molecular flexibility index (Phi) is 5.17. The van der Waals surface area contributed by atoms with Crippen LogP contribution in [0.25, 0.3) is 0 Å². The molecule has 1 N–H and O–H groups in total. The van der Waals surface area contributed by atoms with Gasteiger partial charge >= 0.3 is 0 Å². The lowest BCUT2D eigenvalue weighted by Gasteiger charge is -2.29. The summed E-state index contributed by atoms with van der Waals surface area (Å²) in [6.45, 7) is 2.99. The highest BCUT2D eigenvalue weighted by Gasteiger charge is 2.38. The Labute approximate surface area is 176 Å². The molecule has 0 spiro atoms. The van der Waals surface area contributed by atoms with Crippen LogP contribution in [0, 0.1) is 0 Å². The minimum absolute atomic E-state index is 0.0305. The predicted octanol–water partition coefficient (Wildman–Crippen LogP) is 3.67. The summed E-state index contributed by atoms with van der Waals surface area (Å²) in [5.41, 5.74) is 3.23. The minimum Gasteiger partial charge on any atom is -0.376 e. The molecule has 6 nitrogen and oxygen atoms in total. The van der Waals surface area contributed by atoms with Crippen LogP contribution >= 0.6 is 0 Å². The van der Waals surface area contributed by atoms with E-state index in [2.05, 4.69) is 5.32 Å². The first-order chi connectivity index (χ1) is 14.7. The van der Waals surface area contributed by atoms with Crippen LogP contribution < -0.4 is 5.32 Å². The zero-order chi connectivity index (χ0) is 20.5. The zero-order valence-corrected chi connectivity index (χ0v) is 17.0. The molecule has 2 unspecified atom stereocenters. The molecule has 0 aliphatic carbocycles. The number of nitrogens with one attached hydrogen (secondary N) is 1. The van der Waals surface area contributed by atoms with Crippen molar-refractivity contribution in [3.63, 3.8) is 0 Å². The summed E-state index contributed by atoms with van der Waals surface area (Å²) in [5, 5.41) is 3.52. The molecule has 2 aromatic rings. The zero-order valence-electron chi connectivity index (χ0n) is 17.0. The molecule has 0 radical (unpaired) electrons. The maximum Gasteiger partial charge on any atom is 0.256 e. The summed E-state index contributed by atoms with van der Waals surface area (Å²) in [6.07, 6.45) is 3.97. The van der Waals surface area contributed by atoms with Crippen molar-refractivity contribution in [2.75, 3.05) is 31.6 Å². The standard InChI is InChI=1S/C24H27N3O3/c28-23(26-12-3-4-13-26)17-7-5-8-18(15-17)25-22-20-10-1-2-11-21(20)24(29)27(22)16-19-9-6-14-30-19/h1-2,5,7-8,10-11,15,19,22,25H,3-4,6,9,12-14,16H2. The molecular formula is C24H27N3O3. The number of anilines is 1. The molecule has 6 heteroatoms. The Bertz CT molecular complexity index is 948. The first-order valence-corrected chi connectivity index (χ1v) is 10.9. The summed E-state index contributed by atoms with van der Waals surface area (Å²) in [5.74, 6) is 0.109. The molecule has 3 heterocycles. The van der Waals surface area contributed by atoms with E-state index in [9.17, 15) is 9.59 Å². The normalized spacial score (nSPS) is 23.1. The van der Waals surface area contributed by atoms with E-state index in [0.717, 1.165) is 62.2 Å². The molecule has 3 aliphatic rings. The monoisotopic (exact) mass is 405 g/mol. The third-order valence-corrected chi connectivity index (χ3v) is 6.29. The van der Waals surface area contributed by atoms with Crippen molar-refractivity contribution in [2.24, 2.45) is 0 Å². The first-order valence-electron chi connectivity index (χ1n) is 10.9. The Balaban J connectivity index is 1.40. The second-order valence-corrected chi connectivity index (χ2v) is 8.31. The third kappa shape index (κ3) is 3.56. The second kappa shape index (κ2) is 8.11. The quantitative estimate of drug-likeness (QED) is 0.825. The maximum absolute atomic E-state index is 13.1. The number of ether oxygens (including phenoxy) is 1. The van der Waals surface area contributed by atoms with Crippen molar-refractivity contribution in [1.29, 1.82) is 0 Å². The lowest BCUT2D eigenvalue weighted by atomic mass is 10.1. The summed E-state index contributed by atoms with van der Waals surface area (Å²) in [6, 6.07) is 15.4. The minimum atomic E-state index is -0.268. The van der Waals surface area contributed by atoms with Gasteiger partial charge in [0.25, 0.3) is 11.8 Å². The average Bonchev–Trinajstić information content (AvgIpc) is 3.53. The van der Waals surface area contributed by atoms with Crippen LogP contribution in [0.5, 0.6) is 0 Å². The van der Waals surface area contributed by atoms with Crippen molar-refractivity contribution in [2.45, 2.75) is 38.0 Å². The molecule has 2 fully saturated rings. The van der Waals surface area contributed by atoms with E-state index < -0.39 is 0 Å². The molecule has 2 amide bonds. The van der Waals surface area contributed by atoms with Crippen LogP contribution in [-0.2, 0) is 4.74 Å². The summed E-state index contributed by atoms with van der Waals surface area (Å²) in [4.78, 5) is 29.7. The Hall–Kier alpha value is -2.86. The fourth-order valence-electron chi connectivity index (χ4n) is 4.72. The number of nitrogens with zero attached hydrogens (tertiary/aromatic N) is 2. The van der Waals surface area contributed by atoms with Gasteiger partial charge in [0.15, 0.2) is 0 Å². The van der Waals surface area contributed by atoms with E-state index in [1.54, 1.807) is 0 Å². The molecule has 2 atom stereocenters. The smallest absolute Gasteiger partial charge is 0.256 e. The molecular weight excluding hydrogens is 378 g/mol. The van der Waals surface area contributed by atoms with Gasteiger partial charge in [-0.15, -0.1) is 0 Å². The van der Waals surface area contributed by atoms with Crippen LogP contribution in [0.1, 0.15) is 58.1 Å². The summed E-state index contributed by atoms with van der Waals surface area (Å²) >= 11 is 0. The van der Waals surface area contributed by atoms with E-state index in [1.807, 2.05) is 58.3 Å². The van der Waals surface area contributed by atoms with Gasteiger partial charge in [-0.05, 0) is 49.9 Å². The number of carbonyl (C=O) groups is 2. The van der Waals surface area contributed by atoms with Crippen molar-refractivity contribution < 1.29 is 14.3 Å². The van der Waals surface area contributed by atoms with E-state index in [0.29, 0.717) is 12.1 Å². The van der Waals surface area contributed by atoms with Crippen LogP contribution in [0.15, 0.2) is 48.5 Å². The third-order valence-electron chi connectivity index (χ3n) is 6.29.